The molecule has 0 saturated carbocycles. The molecule has 8 heteroatoms. The van der Waals surface area contributed by atoms with Gasteiger partial charge in [-0.15, -0.1) is 0 Å². The predicted molar refractivity (Wildman–Crippen MR) is 133 cm³/mol. The Bertz CT molecular complexity index is 1260. The molecule has 0 saturated heterocycles. The van der Waals surface area contributed by atoms with Crippen molar-refractivity contribution in [2.75, 3.05) is 32.1 Å². The summed E-state index contributed by atoms with van der Waals surface area (Å²) < 4.78 is 38.8. The summed E-state index contributed by atoms with van der Waals surface area (Å²) in [5.74, 6) is 0.812. The molecule has 0 bridgehead atoms. The van der Waals surface area contributed by atoms with Gasteiger partial charge >= 0.3 is 0 Å². The van der Waals surface area contributed by atoms with E-state index in [0.717, 1.165) is 16.7 Å². The maximum Gasteiger partial charge on any atom is 0.264 e. The second-order valence-electron chi connectivity index (χ2n) is 8.03. The van der Waals surface area contributed by atoms with Gasteiger partial charge in [-0.05, 0) is 66.9 Å². The number of amides is 1. The first-order valence-electron chi connectivity index (χ1n) is 10.8. The Hall–Kier alpha value is -3.52. The van der Waals surface area contributed by atoms with Gasteiger partial charge in [-0.2, -0.15) is 0 Å². The van der Waals surface area contributed by atoms with E-state index < -0.39 is 10.0 Å². The molecule has 0 unspecified atom stereocenters. The molecule has 0 aromatic heterocycles. The zero-order valence-electron chi connectivity index (χ0n) is 20.1. The number of aryl methyl sites for hydroxylation is 2. The number of hydrogen-bond acceptors (Lipinski definition) is 5. The Balaban J connectivity index is 1.90. The third-order valence-electron chi connectivity index (χ3n) is 5.68. The van der Waals surface area contributed by atoms with Gasteiger partial charge in [0, 0.05) is 13.6 Å². The second-order valence-corrected chi connectivity index (χ2v) is 9.89. The maximum absolute atomic E-state index is 13.5. The van der Waals surface area contributed by atoms with Crippen LogP contribution in [0, 0.1) is 13.8 Å². The lowest BCUT2D eigenvalue weighted by molar-refractivity contribution is -0.128. The highest BCUT2D eigenvalue weighted by Gasteiger charge is 2.28. The number of benzene rings is 3. The van der Waals surface area contributed by atoms with E-state index in [4.69, 9.17) is 9.47 Å². The molecule has 0 atom stereocenters. The first-order chi connectivity index (χ1) is 16.2. The van der Waals surface area contributed by atoms with Gasteiger partial charge in [-0.25, -0.2) is 8.42 Å². The van der Waals surface area contributed by atoms with Crippen molar-refractivity contribution in [3.8, 4) is 11.5 Å². The van der Waals surface area contributed by atoms with Crippen LogP contribution in [0.2, 0.25) is 0 Å². The van der Waals surface area contributed by atoms with Gasteiger partial charge in [-0.3, -0.25) is 9.10 Å². The first kappa shape index (κ1) is 25.1. The average Bonchev–Trinajstić information content (AvgIpc) is 2.84. The van der Waals surface area contributed by atoms with Crippen LogP contribution < -0.4 is 13.8 Å². The van der Waals surface area contributed by atoms with Crippen LogP contribution in [-0.2, 0) is 21.4 Å². The van der Waals surface area contributed by atoms with Crippen LogP contribution in [-0.4, -0.2) is 47.0 Å². The molecule has 0 heterocycles. The summed E-state index contributed by atoms with van der Waals surface area (Å²) in [5, 5.41) is 0. The summed E-state index contributed by atoms with van der Waals surface area (Å²) in [6.45, 7) is 3.82. The van der Waals surface area contributed by atoms with Gasteiger partial charge in [0.2, 0.25) is 5.91 Å². The molecule has 0 spiro atoms. The highest BCUT2D eigenvalue weighted by Crippen LogP contribution is 2.29. The Morgan fingerprint density at radius 1 is 0.853 bits per heavy atom. The molecule has 0 aliphatic carbocycles. The van der Waals surface area contributed by atoms with Gasteiger partial charge in [0.1, 0.15) is 6.54 Å². The number of nitrogens with zero attached hydrogens (tertiary/aromatic N) is 2. The van der Waals surface area contributed by atoms with Crippen molar-refractivity contribution >= 4 is 21.6 Å². The molecule has 0 aliphatic heterocycles. The summed E-state index contributed by atoms with van der Waals surface area (Å²) in [6, 6.07) is 18.9. The van der Waals surface area contributed by atoms with E-state index in [1.807, 2.05) is 26.0 Å². The number of carbonyl (C=O) groups is 1. The molecule has 1 amide bonds. The zero-order chi connectivity index (χ0) is 24.9. The van der Waals surface area contributed by atoms with Crippen molar-refractivity contribution in [2.45, 2.75) is 25.3 Å². The molecule has 0 N–H and O–H groups in total. The van der Waals surface area contributed by atoms with E-state index in [1.54, 1.807) is 63.7 Å². The van der Waals surface area contributed by atoms with E-state index >= 15 is 0 Å². The Morgan fingerprint density at radius 2 is 1.53 bits per heavy atom. The molecular formula is C26H30N2O5S. The fourth-order valence-electron chi connectivity index (χ4n) is 3.50. The number of carbonyl (C=O) groups excluding carboxylic acids is 1. The summed E-state index contributed by atoms with van der Waals surface area (Å²) in [5.41, 5.74) is 3.26. The molecule has 3 rings (SSSR count). The van der Waals surface area contributed by atoms with Crippen LogP contribution in [0.25, 0.3) is 0 Å². The summed E-state index contributed by atoms with van der Waals surface area (Å²) in [4.78, 5) is 14.8. The highest BCUT2D eigenvalue weighted by molar-refractivity contribution is 7.92. The van der Waals surface area contributed by atoms with E-state index in [-0.39, 0.29) is 23.9 Å². The molecule has 3 aromatic carbocycles. The van der Waals surface area contributed by atoms with Crippen LogP contribution >= 0.6 is 0 Å². The van der Waals surface area contributed by atoms with Crippen LogP contribution in [0.3, 0.4) is 0 Å². The first-order valence-corrected chi connectivity index (χ1v) is 12.2. The van der Waals surface area contributed by atoms with Crippen molar-refractivity contribution in [2.24, 2.45) is 0 Å². The molecular weight excluding hydrogens is 452 g/mol. The average molecular weight is 483 g/mol. The van der Waals surface area contributed by atoms with Crippen molar-refractivity contribution in [3.63, 3.8) is 0 Å². The Kier molecular flexibility index (Phi) is 7.83. The molecule has 3 aromatic rings. The quantitative estimate of drug-likeness (QED) is 0.458. The minimum Gasteiger partial charge on any atom is -0.493 e. The standard InChI is InChI=1S/C26H30N2O5S/c1-19-11-13-22(15-20(19)2)28(34(30,31)23-9-7-6-8-10-23)18-26(29)27(3)17-21-12-14-24(32-4)25(16-21)33-5/h6-16H,17-18H2,1-5H3. The summed E-state index contributed by atoms with van der Waals surface area (Å²) >= 11 is 0. The molecule has 180 valence electrons. The van der Waals surface area contributed by atoms with Crippen molar-refractivity contribution in [1.29, 1.82) is 0 Å². The van der Waals surface area contributed by atoms with Crippen LogP contribution in [0.4, 0.5) is 5.69 Å². The minimum atomic E-state index is -3.96. The molecule has 7 nitrogen and oxygen atoms in total. The zero-order valence-corrected chi connectivity index (χ0v) is 20.9. The number of methoxy groups -OCH3 is 2. The molecule has 0 aliphatic rings. The fourth-order valence-corrected chi connectivity index (χ4v) is 4.93. The fraction of sp³-hybridized carbons (Fsp3) is 0.269. The van der Waals surface area contributed by atoms with E-state index in [2.05, 4.69) is 0 Å². The highest BCUT2D eigenvalue weighted by atomic mass is 32.2. The minimum absolute atomic E-state index is 0.128. The third kappa shape index (κ3) is 5.51. The van der Waals surface area contributed by atoms with E-state index in [0.29, 0.717) is 17.2 Å². The number of hydrogen-bond donors (Lipinski definition) is 0. The van der Waals surface area contributed by atoms with Gasteiger partial charge in [0.15, 0.2) is 11.5 Å². The molecule has 34 heavy (non-hydrogen) atoms. The van der Waals surface area contributed by atoms with Gasteiger partial charge < -0.3 is 14.4 Å². The lowest BCUT2D eigenvalue weighted by Gasteiger charge is -2.27. The lowest BCUT2D eigenvalue weighted by Crippen LogP contribution is -2.41. The van der Waals surface area contributed by atoms with Gasteiger partial charge in [0.05, 0.1) is 24.8 Å². The Labute approximate surface area is 201 Å². The van der Waals surface area contributed by atoms with Gasteiger partial charge in [-0.1, -0.05) is 30.3 Å². The predicted octanol–water partition coefficient (Wildman–Crippen LogP) is 4.17. The number of ether oxygens (including phenoxy) is 2. The SMILES string of the molecule is COc1ccc(CN(C)C(=O)CN(c2ccc(C)c(C)c2)S(=O)(=O)c2ccccc2)cc1OC. The Morgan fingerprint density at radius 3 is 2.15 bits per heavy atom. The van der Waals surface area contributed by atoms with Crippen molar-refractivity contribution in [3.05, 3.63) is 83.4 Å². The second kappa shape index (κ2) is 10.6. The van der Waals surface area contributed by atoms with Crippen LogP contribution in [0.1, 0.15) is 16.7 Å². The van der Waals surface area contributed by atoms with E-state index in [1.165, 1.54) is 21.3 Å². The third-order valence-corrected chi connectivity index (χ3v) is 7.47. The lowest BCUT2D eigenvalue weighted by atomic mass is 10.1. The monoisotopic (exact) mass is 482 g/mol. The summed E-state index contributed by atoms with van der Waals surface area (Å²) in [7, 11) is 0.795. The van der Waals surface area contributed by atoms with Crippen molar-refractivity contribution in [1.82, 2.24) is 4.90 Å². The summed E-state index contributed by atoms with van der Waals surface area (Å²) in [6.07, 6.45) is 0. The maximum atomic E-state index is 13.5. The number of rotatable bonds is 9. The van der Waals surface area contributed by atoms with Gasteiger partial charge in [0.25, 0.3) is 10.0 Å². The largest absolute Gasteiger partial charge is 0.493 e. The molecule has 0 fully saturated rings. The topological polar surface area (TPSA) is 76.2 Å². The number of likely N-dealkylation sites (N-methyl/N-ethyl adjacent to an activating group) is 1. The van der Waals surface area contributed by atoms with Crippen LogP contribution in [0.5, 0.6) is 11.5 Å². The normalized spacial score (nSPS) is 11.1. The van der Waals surface area contributed by atoms with E-state index in [9.17, 15) is 13.2 Å². The number of anilines is 1. The molecule has 0 radical (unpaired) electrons. The van der Waals surface area contributed by atoms with Crippen molar-refractivity contribution < 1.29 is 22.7 Å². The van der Waals surface area contributed by atoms with Crippen LogP contribution in [0.15, 0.2) is 71.6 Å². The smallest absolute Gasteiger partial charge is 0.264 e. The number of sulfonamides is 1.